The normalized spacial score (nSPS) is 14.9. The minimum atomic E-state index is -4.35. The molecule has 3 rings (SSSR count). The summed E-state index contributed by atoms with van der Waals surface area (Å²) < 4.78 is 42.1. The number of urea groups is 1. The Morgan fingerprint density at radius 3 is 2.19 bits per heavy atom. The van der Waals surface area contributed by atoms with E-state index >= 15 is 0 Å². The van der Waals surface area contributed by atoms with Crippen molar-refractivity contribution in [1.29, 1.82) is 0 Å². The Kier molecular flexibility index (Phi) is 5.64. The van der Waals surface area contributed by atoms with Crippen molar-refractivity contribution in [2.75, 3.05) is 31.5 Å². The molecule has 0 bridgehead atoms. The average Bonchev–Trinajstić information content (AvgIpc) is 3.16. The zero-order valence-electron chi connectivity index (χ0n) is 14.0. The summed E-state index contributed by atoms with van der Waals surface area (Å²) in [6, 6.07) is 8.29. The van der Waals surface area contributed by atoms with Gasteiger partial charge in [0.05, 0.1) is 6.26 Å². The number of anilines is 1. The highest BCUT2D eigenvalue weighted by Gasteiger charge is 2.29. The Morgan fingerprint density at radius 2 is 1.63 bits per heavy atom. The number of amides is 3. The quantitative estimate of drug-likeness (QED) is 0.796. The van der Waals surface area contributed by atoms with Gasteiger partial charge in [-0.3, -0.25) is 4.79 Å². The second-order valence-electron chi connectivity index (χ2n) is 5.76. The fraction of sp³-hybridized carbons (Fsp3) is 0.294. The summed E-state index contributed by atoms with van der Waals surface area (Å²) in [6.45, 7) is 1.43. The monoisotopic (exact) mass is 399 g/mol. The highest BCUT2D eigenvalue weighted by Crippen LogP contribution is 2.37. The molecule has 1 N–H and O–H groups in total. The number of rotatable bonds is 3. The molecule has 0 spiro atoms. The van der Waals surface area contributed by atoms with E-state index < -0.39 is 5.51 Å². The first-order chi connectivity index (χ1) is 12.8. The van der Waals surface area contributed by atoms with Gasteiger partial charge >= 0.3 is 11.5 Å². The molecule has 1 aliphatic heterocycles. The van der Waals surface area contributed by atoms with Crippen LogP contribution in [0.2, 0.25) is 0 Å². The maximum Gasteiger partial charge on any atom is 0.446 e. The number of hydrogen-bond donors (Lipinski definition) is 1. The lowest BCUT2D eigenvalue weighted by atomic mass is 10.3. The number of nitrogens with one attached hydrogen (secondary N) is 1. The average molecular weight is 399 g/mol. The number of alkyl halides is 3. The maximum absolute atomic E-state index is 12.3. The van der Waals surface area contributed by atoms with E-state index in [2.05, 4.69) is 5.32 Å². The molecule has 0 aliphatic carbocycles. The van der Waals surface area contributed by atoms with Crippen LogP contribution < -0.4 is 5.32 Å². The van der Waals surface area contributed by atoms with Crippen molar-refractivity contribution >= 4 is 29.4 Å². The molecule has 1 saturated heterocycles. The van der Waals surface area contributed by atoms with Gasteiger partial charge in [0.25, 0.3) is 5.91 Å². The molecular formula is C17H16F3N3O3S. The predicted octanol–water partition coefficient (Wildman–Crippen LogP) is 3.88. The highest BCUT2D eigenvalue weighted by atomic mass is 32.2. The van der Waals surface area contributed by atoms with Gasteiger partial charge in [-0.1, -0.05) is 0 Å². The van der Waals surface area contributed by atoms with Crippen LogP contribution in [0.25, 0.3) is 0 Å². The molecule has 0 radical (unpaired) electrons. The molecule has 144 valence electrons. The molecule has 0 unspecified atom stereocenters. The molecule has 27 heavy (non-hydrogen) atoms. The molecular weight excluding hydrogens is 383 g/mol. The van der Waals surface area contributed by atoms with Gasteiger partial charge in [0, 0.05) is 36.8 Å². The molecule has 0 saturated carbocycles. The van der Waals surface area contributed by atoms with Crippen molar-refractivity contribution in [1.82, 2.24) is 9.80 Å². The largest absolute Gasteiger partial charge is 0.459 e. The standard InChI is InChI=1S/C17H16F3N3O3S/c18-17(19,20)27-13-5-3-12(4-6-13)21-16(25)23-9-7-22(8-10-23)15(24)14-2-1-11-26-14/h1-6,11H,7-10H2,(H,21,25). The molecule has 2 aromatic rings. The third-order valence-corrected chi connectivity index (χ3v) is 4.66. The van der Waals surface area contributed by atoms with E-state index in [0.717, 1.165) is 0 Å². The second kappa shape index (κ2) is 7.95. The smallest absolute Gasteiger partial charge is 0.446 e. The van der Waals surface area contributed by atoms with Crippen LogP contribution in [0, 0.1) is 0 Å². The zero-order chi connectivity index (χ0) is 19.4. The number of nitrogens with zero attached hydrogens (tertiary/aromatic N) is 2. The van der Waals surface area contributed by atoms with Crippen molar-refractivity contribution in [2.45, 2.75) is 10.4 Å². The van der Waals surface area contributed by atoms with Crippen LogP contribution in [0.1, 0.15) is 10.6 Å². The number of hydrogen-bond acceptors (Lipinski definition) is 4. The van der Waals surface area contributed by atoms with Gasteiger partial charge in [0.15, 0.2) is 5.76 Å². The number of carbonyl (C=O) groups excluding carboxylic acids is 2. The molecule has 10 heteroatoms. The minimum Gasteiger partial charge on any atom is -0.459 e. The number of benzene rings is 1. The molecule has 6 nitrogen and oxygen atoms in total. The van der Waals surface area contributed by atoms with E-state index in [0.29, 0.717) is 31.9 Å². The third kappa shape index (κ3) is 5.19. The summed E-state index contributed by atoms with van der Waals surface area (Å²) >= 11 is -0.210. The highest BCUT2D eigenvalue weighted by molar-refractivity contribution is 8.00. The number of thioether (sulfide) groups is 1. The molecule has 1 aromatic heterocycles. The topological polar surface area (TPSA) is 65.8 Å². The Morgan fingerprint density at radius 1 is 1.00 bits per heavy atom. The van der Waals surface area contributed by atoms with E-state index in [1.807, 2.05) is 0 Å². The summed E-state index contributed by atoms with van der Waals surface area (Å²) in [5.41, 5.74) is -3.95. The number of carbonyl (C=O) groups is 2. The first kappa shape index (κ1) is 19.2. The van der Waals surface area contributed by atoms with Crippen molar-refractivity contribution < 1.29 is 27.2 Å². The van der Waals surface area contributed by atoms with Crippen LogP contribution in [0.15, 0.2) is 52.0 Å². The summed E-state index contributed by atoms with van der Waals surface area (Å²) in [7, 11) is 0. The van der Waals surface area contributed by atoms with Gasteiger partial charge in [-0.25, -0.2) is 4.79 Å². The summed E-state index contributed by atoms with van der Waals surface area (Å²) in [5.74, 6) is 0.0301. The third-order valence-electron chi connectivity index (χ3n) is 3.93. The van der Waals surface area contributed by atoms with Crippen molar-refractivity contribution in [3.8, 4) is 0 Å². The van der Waals surface area contributed by atoms with E-state index in [-0.39, 0.29) is 34.4 Å². The molecule has 0 atom stereocenters. The predicted molar refractivity (Wildman–Crippen MR) is 93.6 cm³/mol. The van der Waals surface area contributed by atoms with Crippen molar-refractivity contribution in [3.05, 3.63) is 48.4 Å². The van der Waals surface area contributed by atoms with Crippen LogP contribution in [0.5, 0.6) is 0 Å². The molecule has 1 aliphatic rings. The number of furan rings is 1. The number of piperazine rings is 1. The first-order valence-corrected chi connectivity index (χ1v) is 8.88. The van der Waals surface area contributed by atoms with Gasteiger partial charge in [-0.15, -0.1) is 0 Å². The van der Waals surface area contributed by atoms with Crippen molar-refractivity contribution in [2.24, 2.45) is 0 Å². The Bertz CT molecular complexity index is 786. The lowest BCUT2D eigenvalue weighted by Gasteiger charge is -2.34. The molecule has 2 heterocycles. The summed E-state index contributed by atoms with van der Waals surface area (Å²) in [6.07, 6.45) is 1.43. The molecule has 3 amide bonds. The second-order valence-corrected chi connectivity index (χ2v) is 6.90. The Hall–Kier alpha value is -2.62. The molecule has 1 aromatic carbocycles. The van der Waals surface area contributed by atoms with Crippen LogP contribution in [-0.2, 0) is 0 Å². The SMILES string of the molecule is O=C(Nc1ccc(SC(F)(F)F)cc1)N1CCN(C(=O)c2ccco2)CC1. The molecule has 1 fully saturated rings. The van der Waals surface area contributed by atoms with Crippen molar-refractivity contribution in [3.63, 3.8) is 0 Å². The van der Waals surface area contributed by atoms with Gasteiger partial charge < -0.3 is 19.5 Å². The van der Waals surface area contributed by atoms with Crippen LogP contribution in [0.3, 0.4) is 0 Å². The van der Waals surface area contributed by atoms with E-state index in [1.54, 1.807) is 21.9 Å². The summed E-state index contributed by atoms with van der Waals surface area (Å²) in [5, 5.41) is 2.65. The number of halogens is 3. The van der Waals surface area contributed by atoms with E-state index in [4.69, 9.17) is 4.42 Å². The van der Waals surface area contributed by atoms with Gasteiger partial charge in [0.1, 0.15) is 0 Å². The lowest BCUT2D eigenvalue weighted by Crippen LogP contribution is -2.51. The maximum atomic E-state index is 12.3. The van der Waals surface area contributed by atoms with Gasteiger partial charge in [-0.05, 0) is 48.2 Å². The Balaban J connectivity index is 1.50. The first-order valence-electron chi connectivity index (χ1n) is 8.06. The minimum absolute atomic E-state index is 0.0468. The lowest BCUT2D eigenvalue weighted by molar-refractivity contribution is -0.0328. The van der Waals surface area contributed by atoms with Gasteiger partial charge in [-0.2, -0.15) is 13.2 Å². The fourth-order valence-corrected chi connectivity index (χ4v) is 3.15. The fourth-order valence-electron chi connectivity index (χ4n) is 2.61. The Labute approximate surface area is 157 Å². The zero-order valence-corrected chi connectivity index (χ0v) is 14.8. The van der Waals surface area contributed by atoms with Crippen LogP contribution in [0.4, 0.5) is 23.7 Å². The van der Waals surface area contributed by atoms with Crippen LogP contribution >= 0.6 is 11.8 Å². The van der Waals surface area contributed by atoms with Crippen LogP contribution in [-0.4, -0.2) is 53.4 Å². The van der Waals surface area contributed by atoms with Gasteiger partial charge in [0.2, 0.25) is 0 Å². The summed E-state index contributed by atoms with van der Waals surface area (Å²) in [4.78, 5) is 27.7. The van der Waals surface area contributed by atoms with E-state index in [9.17, 15) is 22.8 Å². The van der Waals surface area contributed by atoms with E-state index in [1.165, 1.54) is 30.5 Å².